The number of carbonyl (C=O) groups excluding carboxylic acids is 4. The second-order valence-corrected chi connectivity index (χ2v) is 11.1. The molecule has 2 atom stereocenters. The summed E-state index contributed by atoms with van der Waals surface area (Å²) in [5.41, 5.74) is 4.69. The van der Waals surface area contributed by atoms with E-state index in [9.17, 15) is 19.2 Å². The molecule has 1 heterocycles. The highest BCUT2D eigenvalue weighted by Crippen LogP contribution is 2.40. The maximum atomic E-state index is 14.4. The first-order valence-corrected chi connectivity index (χ1v) is 14.2. The number of rotatable bonds is 9. The molecule has 0 aromatic heterocycles. The molecule has 5 rings (SSSR count). The van der Waals surface area contributed by atoms with Crippen molar-refractivity contribution < 1.29 is 23.9 Å². The smallest absolute Gasteiger partial charge is 0.339 e. The Morgan fingerprint density at radius 1 is 0.690 bits per heavy atom. The molecule has 6 nitrogen and oxygen atoms in total. The summed E-state index contributed by atoms with van der Waals surface area (Å²) < 4.78 is 5.67. The van der Waals surface area contributed by atoms with Gasteiger partial charge in [0.25, 0.3) is 5.91 Å². The molecule has 0 fully saturated rings. The van der Waals surface area contributed by atoms with E-state index < -0.39 is 35.5 Å². The van der Waals surface area contributed by atoms with E-state index >= 15 is 0 Å². The number of fused-ring (bicyclic) bond motifs is 1. The van der Waals surface area contributed by atoms with Gasteiger partial charge < -0.3 is 10.1 Å². The number of nitrogens with one attached hydrogen (secondary N) is 1. The molecule has 1 aliphatic rings. The van der Waals surface area contributed by atoms with Gasteiger partial charge in [-0.15, -0.1) is 0 Å². The summed E-state index contributed by atoms with van der Waals surface area (Å²) in [7, 11) is 0. The van der Waals surface area contributed by atoms with Gasteiger partial charge >= 0.3 is 5.97 Å². The van der Waals surface area contributed by atoms with Crippen molar-refractivity contribution in [1.29, 1.82) is 0 Å². The minimum Gasteiger partial charge on any atom is -0.453 e. The Morgan fingerprint density at radius 3 is 1.90 bits per heavy atom. The average Bonchev–Trinajstić information content (AvgIpc) is 3.33. The normalized spacial score (nSPS) is 14.8. The van der Waals surface area contributed by atoms with Crippen molar-refractivity contribution in [3.05, 3.63) is 125 Å². The highest BCUT2D eigenvalue weighted by atomic mass is 16.5. The van der Waals surface area contributed by atoms with Crippen molar-refractivity contribution in [2.75, 3.05) is 5.32 Å². The van der Waals surface area contributed by atoms with Gasteiger partial charge in [-0.3, -0.25) is 14.4 Å². The minimum absolute atomic E-state index is 0.0759. The molecular weight excluding hydrogens is 526 g/mol. The minimum atomic E-state index is -1.59. The van der Waals surface area contributed by atoms with E-state index in [1.54, 1.807) is 42.5 Å². The lowest BCUT2D eigenvalue weighted by Gasteiger charge is -2.24. The fraction of sp³-hybridized carbons (Fsp3) is 0.222. The molecule has 4 aromatic rings. The van der Waals surface area contributed by atoms with Crippen LogP contribution in [0.1, 0.15) is 83.0 Å². The van der Waals surface area contributed by atoms with Crippen molar-refractivity contribution in [2.24, 2.45) is 5.92 Å². The lowest BCUT2D eigenvalue weighted by molar-refractivity contribution is -0.138. The zero-order valence-corrected chi connectivity index (χ0v) is 24.1. The number of esters is 1. The number of anilines is 1. The Labute approximate surface area is 245 Å². The van der Waals surface area contributed by atoms with E-state index in [1.807, 2.05) is 82.3 Å². The SMILES string of the molecule is CC(C)c1cccc(C(C)C)c1NC(=O)C(=O)[C@H](C(=O)c1ccccc1-c1ccccc1)[C@@H]1OC(=O)c2ccccc21. The van der Waals surface area contributed by atoms with Gasteiger partial charge in [-0.2, -0.15) is 0 Å². The van der Waals surface area contributed by atoms with Crippen LogP contribution in [-0.2, 0) is 14.3 Å². The summed E-state index contributed by atoms with van der Waals surface area (Å²) in [5, 5.41) is 2.85. The van der Waals surface area contributed by atoms with Gasteiger partial charge in [0.05, 0.1) is 5.56 Å². The summed E-state index contributed by atoms with van der Waals surface area (Å²) in [6.07, 6.45) is -1.24. The number of para-hydroxylation sites is 1. The molecule has 1 amide bonds. The van der Waals surface area contributed by atoms with Crippen LogP contribution in [0, 0.1) is 5.92 Å². The second kappa shape index (κ2) is 12.0. The van der Waals surface area contributed by atoms with Crippen molar-refractivity contribution >= 4 is 29.1 Å². The lowest BCUT2D eigenvalue weighted by atomic mass is 9.82. The molecule has 212 valence electrons. The molecule has 1 aliphatic heterocycles. The van der Waals surface area contributed by atoms with E-state index in [1.165, 1.54) is 0 Å². The Balaban J connectivity index is 1.60. The van der Waals surface area contributed by atoms with E-state index in [2.05, 4.69) is 5.32 Å². The summed E-state index contributed by atoms with van der Waals surface area (Å²) in [6, 6.07) is 28.7. The number of amides is 1. The van der Waals surface area contributed by atoms with Crippen LogP contribution in [0.3, 0.4) is 0 Å². The Kier molecular flexibility index (Phi) is 8.16. The largest absolute Gasteiger partial charge is 0.453 e. The third-order valence-electron chi connectivity index (χ3n) is 7.70. The van der Waals surface area contributed by atoms with E-state index in [0.717, 1.165) is 16.7 Å². The number of Topliss-reactive ketones (excluding diaryl/α,β-unsaturated/α-hetero) is 2. The zero-order chi connectivity index (χ0) is 30.0. The Hall–Kier alpha value is -4.84. The topological polar surface area (TPSA) is 89.5 Å². The predicted octanol–water partition coefficient (Wildman–Crippen LogP) is 7.52. The fourth-order valence-electron chi connectivity index (χ4n) is 5.56. The van der Waals surface area contributed by atoms with Crippen molar-refractivity contribution in [3.8, 4) is 11.1 Å². The monoisotopic (exact) mass is 559 g/mol. The van der Waals surface area contributed by atoms with Crippen LogP contribution in [0.4, 0.5) is 5.69 Å². The van der Waals surface area contributed by atoms with E-state index in [0.29, 0.717) is 16.8 Å². The molecule has 0 saturated heterocycles. The highest BCUT2D eigenvalue weighted by molar-refractivity contribution is 6.45. The molecule has 0 aliphatic carbocycles. The van der Waals surface area contributed by atoms with Gasteiger partial charge in [0.2, 0.25) is 5.78 Å². The van der Waals surface area contributed by atoms with Crippen LogP contribution in [-0.4, -0.2) is 23.4 Å². The number of benzene rings is 4. The third-order valence-corrected chi connectivity index (χ3v) is 7.70. The number of ether oxygens (including phenoxy) is 1. The fourth-order valence-corrected chi connectivity index (χ4v) is 5.56. The molecule has 0 saturated carbocycles. The van der Waals surface area contributed by atoms with E-state index in [4.69, 9.17) is 4.74 Å². The molecule has 0 bridgehead atoms. The molecule has 6 heteroatoms. The predicted molar refractivity (Wildman–Crippen MR) is 163 cm³/mol. The van der Waals surface area contributed by atoms with Gasteiger partial charge in [-0.1, -0.05) is 119 Å². The molecular formula is C36H33NO5. The Morgan fingerprint density at radius 2 is 1.26 bits per heavy atom. The molecule has 0 radical (unpaired) electrons. The van der Waals surface area contributed by atoms with Crippen LogP contribution >= 0.6 is 0 Å². The maximum Gasteiger partial charge on any atom is 0.339 e. The van der Waals surface area contributed by atoms with Gasteiger partial charge in [0.15, 0.2) is 5.78 Å². The number of carbonyl (C=O) groups is 4. The van der Waals surface area contributed by atoms with Gasteiger partial charge in [-0.25, -0.2) is 4.79 Å². The van der Waals surface area contributed by atoms with Crippen molar-refractivity contribution in [3.63, 3.8) is 0 Å². The Bertz CT molecular complexity index is 1650. The number of ketones is 2. The number of hydrogen-bond donors (Lipinski definition) is 1. The van der Waals surface area contributed by atoms with Crippen LogP contribution in [0.2, 0.25) is 0 Å². The first kappa shape index (κ1) is 28.7. The van der Waals surface area contributed by atoms with Crippen LogP contribution in [0.25, 0.3) is 11.1 Å². The van der Waals surface area contributed by atoms with Gasteiger partial charge in [0, 0.05) is 16.8 Å². The van der Waals surface area contributed by atoms with Crippen LogP contribution in [0.5, 0.6) is 0 Å². The summed E-state index contributed by atoms with van der Waals surface area (Å²) in [4.78, 5) is 55.1. The standard InChI is InChI=1S/C36H33NO5/c1-21(2)24-19-12-20-25(22(3)4)31(24)37-35(40)33(39)30(34-28-17-10-11-18-29(28)36(41)42-34)32(38)27-16-9-8-15-26(27)23-13-6-5-7-14-23/h5-22,30,34H,1-4H3,(H,37,40)/t30-,34+/m0/s1. The maximum absolute atomic E-state index is 14.4. The highest BCUT2D eigenvalue weighted by Gasteiger charge is 2.46. The second-order valence-electron chi connectivity index (χ2n) is 11.1. The zero-order valence-electron chi connectivity index (χ0n) is 24.1. The first-order valence-electron chi connectivity index (χ1n) is 14.2. The molecule has 42 heavy (non-hydrogen) atoms. The first-order chi connectivity index (χ1) is 20.2. The van der Waals surface area contributed by atoms with Gasteiger partial charge in [-0.05, 0) is 40.2 Å². The quantitative estimate of drug-likeness (QED) is 0.0992. The van der Waals surface area contributed by atoms with Crippen molar-refractivity contribution in [1.82, 2.24) is 0 Å². The summed E-state index contributed by atoms with van der Waals surface area (Å²) >= 11 is 0. The molecule has 1 N–H and O–H groups in total. The molecule has 0 unspecified atom stereocenters. The van der Waals surface area contributed by atoms with Crippen LogP contribution < -0.4 is 5.32 Å². The lowest BCUT2D eigenvalue weighted by Crippen LogP contribution is -2.38. The summed E-state index contributed by atoms with van der Waals surface area (Å²) in [5.74, 6) is -4.56. The number of cyclic esters (lactones) is 1. The number of hydrogen-bond acceptors (Lipinski definition) is 5. The average molecular weight is 560 g/mol. The van der Waals surface area contributed by atoms with Gasteiger partial charge in [0.1, 0.15) is 12.0 Å². The third kappa shape index (κ3) is 5.40. The molecule has 0 spiro atoms. The van der Waals surface area contributed by atoms with Crippen molar-refractivity contribution in [2.45, 2.75) is 45.6 Å². The summed E-state index contributed by atoms with van der Waals surface area (Å²) in [6.45, 7) is 8.05. The van der Waals surface area contributed by atoms with E-state index in [-0.39, 0.29) is 23.0 Å². The van der Waals surface area contributed by atoms with Crippen LogP contribution in [0.15, 0.2) is 97.1 Å². The molecule has 4 aromatic carbocycles.